The summed E-state index contributed by atoms with van der Waals surface area (Å²) in [5.41, 5.74) is 5.85. The van der Waals surface area contributed by atoms with Crippen molar-refractivity contribution in [3.05, 3.63) is 89.0 Å². The van der Waals surface area contributed by atoms with Crippen LogP contribution in [0.4, 0.5) is 10.5 Å². The maximum atomic E-state index is 13.0. The number of carbonyl (C=O) groups excluding carboxylic acids is 2. The summed E-state index contributed by atoms with van der Waals surface area (Å²) in [6, 6.07) is 20.2. The fourth-order valence-corrected chi connectivity index (χ4v) is 4.63. The topological polar surface area (TPSA) is 95.9 Å². The highest BCUT2D eigenvalue weighted by Gasteiger charge is 2.29. The van der Waals surface area contributed by atoms with Crippen LogP contribution in [0, 0.1) is 6.92 Å². The number of nitrogens with zero attached hydrogens (tertiary/aromatic N) is 1. The van der Waals surface area contributed by atoms with Gasteiger partial charge in [-0.15, -0.1) is 0 Å². The number of carboxylic acid groups (broad SMARTS) is 1. The molecule has 180 valence electrons. The van der Waals surface area contributed by atoms with E-state index in [1.807, 2.05) is 24.3 Å². The van der Waals surface area contributed by atoms with Crippen LogP contribution in [0.3, 0.4) is 0 Å². The number of ether oxygens (including phenoxy) is 1. The molecule has 0 saturated carbocycles. The van der Waals surface area contributed by atoms with Gasteiger partial charge in [-0.1, -0.05) is 54.6 Å². The molecule has 2 amide bonds. The van der Waals surface area contributed by atoms with Gasteiger partial charge in [0, 0.05) is 23.7 Å². The summed E-state index contributed by atoms with van der Waals surface area (Å²) in [6.07, 6.45) is -0.620. The molecule has 0 aromatic heterocycles. The van der Waals surface area contributed by atoms with Crippen LogP contribution in [0.25, 0.3) is 11.1 Å². The number of rotatable bonds is 7. The summed E-state index contributed by atoms with van der Waals surface area (Å²) in [4.78, 5) is 38.4. The van der Waals surface area contributed by atoms with Crippen LogP contribution >= 0.6 is 0 Å². The van der Waals surface area contributed by atoms with Crippen molar-refractivity contribution >= 4 is 23.7 Å². The normalized spacial score (nSPS) is 12.9. The number of hydrogen-bond acceptors (Lipinski definition) is 4. The molecular weight excluding hydrogens is 444 g/mol. The molecule has 0 spiro atoms. The smallest absolute Gasteiger partial charge is 0.411 e. The molecular formula is C28H28N2O5. The summed E-state index contributed by atoms with van der Waals surface area (Å²) in [7, 11) is 0. The summed E-state index contributed by atoms with van der Waals surface area (Å²) >= 11 is 0. The Hall–Kier alpha value is -4.13. The van der Waals surface area contributed by atoms with E-state index in [4.69, 9.17) is 4.74 Å². The number of aliphatic carboxylic acids is 1. The van der Waals surface area contributed by atoms with E-state index in [0.717, 1.165) is 22.3 Å². The minimum Gasteiger partial charge on any atom is -0.480 e. The molecule has 1 unspecified atom stereocenters. The van der Waals surface area contributed by atoms with Crippen LogP contribution in [0.1, 0.15) is 46.8 Å². The van der Waals surface area contributed by atoms with Crippen LogP contribution < -0.4 is 5.32 Å². The number of amides is 2. The lowest BCUT2D eigenvalue weighted by molar-refractivity contribution is -0.141. The van der Waals surface area contributed by atoms with E-state index in [9.17, 15) is 19.5 Å². The van der Waals surface area contributed by atoms with E-state index < -0.39 is 24.0 Å². The average Bonchev–Trinajstić information content (AvgIpc) is 3.18. The fourth-order valence-electron chi connectivity index (χ4n) is 4.63. The summed E-state index contributed by atoms with van der Waals surface area (Å²) in [5, 5.41) is 12.1. The van der Waals surface area contributed by atoms with Gasteiger partial charge >= 0.3 is 12.1 Å². The average molecular weight is 473 g/mol. The second-order valence-electron chi connectivity index (χ2n) is 8.53. The third-order valence-corrected chi connectivity index (χ3v) is 6.57. The predicted octanol–water partition coefficient (Wildman–Crippen LogP) is 5.29. The van der Waals surface area contributed by atoms with E-state index in [2.05, 4.69) is 29.6 Å². The SMILES string of the molecule is CCN(C(=O)c1cccc(NC(=O)OCC2c3ccccc3-c3ccccc32)c1C)C(C)C(=O)O. The number of anilines is 1. The minimum atomic E-state index is -1.08. The highest BCUT2D eigenvalue weighted by Crippen LogP contribution is 2.44. The van der Waals surface area contributed by atoms with E-state index in [1.54, 1.807) is 32.0 Å². The fraction of sp³-hybridized carbons (Fsp3) is 0.250. The first kappa shape index (κ1) is 24.0. The molecule has 0 bridgehead atoms. The molecule has 7 heteroatoms. The molecule has 1 atom stereocenters. The van der Waals surface area contributed by atoms with Gasteiger partial charge in [0.05, 0.1) is 0 Å². The molecule has 0 radical (unpaired) electrons. The van der Waals surface area contributed by atoms with Gasteiger partial charge in [0.1, 0.15) is 12.6 Å². The zero-order valence-corrected chi connectivity index (χ0v) is 19.9. The Morgan fingerprint density at radius 1 is 0.971 bits per heavy atom. The highest BCUT2D eigenvalue weighted by molar-refractivity contribution is 6.00. The predicted molar refractivity (Wildman–Crippen MR) is 134 cm³/mol. The summed E-state index contributed by atoms with van der Waals surface area (Å²) in [5.74, 6) is -1.54. The van der Waals surface area contributed by atoms with Gasteiger partial charge in [0.2, 0.25) is 0 Å². The quantitative estimate of drug-likeness (QED) is 0.487. The lowest BCUT2D eigenvalue weighted by atomic mass is 9.98. The van der Waals surface area contributed by atoms with Gasteiger partial charge in [-0.05, 0) is 60.7 Å². The number of fused-ring (bicyclic) bond motifs is 3. The lowest BCUT2D eigenvalue weighted by Gasteiger charge is -2.26. The first-order chi connectivity index (χ1) is 16.8. The zero-order chi connectivity index (χ0) is 25.1. The maximum Gasteiger partial charge on any atom is 0.411 e. The molecule has 0 heterocycles. The van der Waals surface area contributed by atoms with Gasteiger partial charge in [0.25, 0.3) is 5.91 Å². The summed E-state index contributed by atoms with van der Waals surface area (Å²) in [6.45, 7) is 5.34. The largest absolute Gasteiger partial charge is 0.480 e. The Labute approximate surface area is 204 Å². The second kappa shape index (κ2) is 10.0. The molecule has 35 heavy (non-hydrogen) atoms. The number of benzene rings is 3. The minimum absolute atomic E-state index is 0.0576. The highest BCUT2D eigenvalue weighted by atomic mass is 16.5. The molecule has 7 nitrogen and oxygen atoms in total. The van der Waals surface area contributed by atoms with Gasteiger partial charge in [-0.25, -0.2) is 9.59 Å². The van der Waals surface area contributed by atoms with Crippen LogP contribution in [-0.4, -0.2) is 47.2 Å². The van der Waals surface area contributed by atoms with Crippen molar-refractivity contribution in [3.8, 4) is 11.1 Å². The Morgan fingerprint density at radius 2 is 1.57 bits per heavy atom. The number of hydrogen-bond donors (Lipinski definition) is 2. The standard InChI is InChI=1S/C28H28N2O5/c1-4-30(18(3)27(32)33)26(31)19-14-9-15-25(17(19)2)29-28(34)35-16-24-22-12-7-5-10-20(22)21-11-6-8-13-23(21)24/h5-15,18,24H,4,16H2,1-3H3,(H,29,34)(H,32,33). The molecule has 0 aliphatic heterocycles. The third kappa shape index (κ3) is 4.62. The first-order valence-electron chi connectivity index (χ1n) is 11.6. The van der Waals surface area contributed by atoms with Crippen molar-refractivity contribution in [1.82, 2.24) is 4.90 Å². The second-order valence-corrected chi connectivity index (χ2v) is 8.53. The van der Waals surface area contributed by atoms with Crippen molar-refractivity contribution in [1.29, 1.82) is 0 Å². The third-order valence-electron chi connectivity index (χ3n) is 6.57. The Kier molecular flexibility index (Phi) is 6.87. The van der Waals surface area contributed by atoms with Crippen LogP contribution in [0.15, 0.2) is 66.7 Å². The number of likely N-dealkylation sites (N-methyl/N-ethyl adjacent to an activating group) is 1. The van der Waals surface area contributed by atoms with E-state index in [-0.39, 0.29) is 19.1 Å². The van der Waals surface area contributed by atoms with Gasteiger partial charge < -0.3 is 14.7 Å². The Morgan fingerprint density at radius 3 is 2.14 bits per heavy atom. The Balaban J connectivity index is 1.48. The molecule has 1 aliphatic carbocycles. The van der Waals surface area contributed by atoms with Crippen molar-refractivity contribution in [2.75, 3.05) is 18.5 Å². The van der Waals surface area contributed by atoms with Gasteiger partial charge in [0.15, 0.2) is 0 Å². The summed E-state index contributed by atoms with van der Waals surface area (Å²) < 4.78 is 5.61. The molecule has 1 aliphatic rings. The van der Waals surface area contributed by atoms with Crippen LogP contribution in [-0.2, 0) is 9.53 Å². The molecule has 0 saturated heterocycles. The van der Waals surface area contributed by atoms with Crippen molar-refractivity contribution in [3.63, 3.8) is 0 Å². The number of carbonyl (C=O) groups is 3. The van der Waals surface area contributed by atoms with Crippen LogP contribution in [0.2, 0.25) is 0 Å². The molecule has 3 aromatic carbocycles. The van der Waals surface area contributed by atoms with Gasteiger partial charge in [-0.3, -0.25) is 10.1 Å². The van der Waals surface area contributed by atoms with Crippen molar-refractivity contribution < 1.29 is 24.2 Å². The Bertz CT molecular complexity index is 1240. The van der Waals surface area contributed by atoms with E-state index >= 15 is 0 Å². The molecule has 4 rings (SSSR count). The zero-order valence-electron chi connectivity index (χ0n) is 19.9. The van der Waals surface area contributed by atoms with E-state index in [1.165, 1.54) is 11.8 Å². The molecule has 2 N–H and O–H groups in total. The number of nitrogens with one attached hydrogen (secondary N) is 1. The van der Waals surface area contributed by atoms with Crippen LogP contribution in [0.5, 0.6) is 0 Å². The van der Waals surface area contributed by atoms with Crippen molar-refractivity contribution in [2.24, 2.45) is 0 Å². The number of carboxylic acids is 1. The molecule has 3 aromatic rings. The van der Waals surface area contributed by atoms with E-state index in [0.29, 0.717) is 16.8 Å². The van der Waals surface area contributed by atoms with Gasteiger partial charge in [-0.2, -0.15) is 0 Å². The monoisotopic (exact) mass is 472 g/mol. The van der Waals surface area contributed by atoms with Crippen molar-refractivity contribution in [2.45, 2.75) is 32.7 Å². The lowest BCUT2D eigenvalue weighted by Crippen LogP contribution is -2.43. The first-order valence-corrected chi connectivity index (χ1v) is 11.6. The molecule has 0 fully saturated rings. The maximum absolute atomic E-state index is 13.0.